The number of hydrogen-bond donors (Lipinski definition) is 2. The van der Waals surface area contributed by atoms with Gasteiger partial charge in [0.1, 0.15) is 0 Å². The molecule has 0 amide bonds. The molecular weight excluding hydrogens is 244 g/mol. The second-order valence-electron chi connectivity index (χ2n) is 5.47. The number of aliphatic carboxylic acids is 2. The summed E-state index contributed by atoms with van der Waals surface area (Å²) in [4.78, 5) is 22.9. The molecule has 1 aliphatic rings. The molecule has 1 aliphatic carbocycles. The summed E-state index contributed by atoms with van der Waals surface area (Å²) < 4.78 is 0. The molecule has 0 bridgehead atoms. The summed E-state index contributed by atoms with van der Waals surface area (Å²) in [5.74, 6) is -1.92. The molecule has 0 aliphatic heterocycles. The molecule has 2 N–H and O–H groups in total. The largest absolute Gasteiger partial charge is 0.478 e. The summed E-state index contributed by atoms with van der Waals surface area (Å²) in [6, 6.07) is 0. The Labute approximate surface area is 114 Å². The van der Waals surface area contributed by atoms with Crippen LogP contribution in [0, 0.1) is 11.3 Å². The second kappa shape index (κ2) is 6.22. The smallest absolute Gasteiger partial charge is 0.332 e. The molecule has 19 heavy (non-hydrogen) atoms. The lowest BCUT2D eigenvalue weighted by Crippen LogP contribution is -2.39. The van der Waals surface area contributed by atoms with Crippen molar-refractivity contribution in [3.63, 3.8) is 0 Å². The van der Waals surface area contributed by atoms with E-state index in [-0.39, 0.29) is 17.1 Å². The number of hydrogen-bond acceptors (Lipinski definition) is 2. The van der Waals surface area contributed by atoms with Crippen molar-refractivity contribution in [2.24, 2.45) is 11.3 Å². The van der Waals surface area contributed by atoms with Gasteiger partial charge >= 0.3 is 11.9 Å². The topological polar surface area (TPSA) is 74.6 Å². The summed E-state index contributed by atoms with van der Waals surface area (Å²) in [7, 11) is 0. The van der Waals surface area contributed by atoms with Crippen LogP contribution in [-0.2, 0) is 9.59 Å². The van der Waals surface area contributed by atoms with Gasteiger partial charge in [0.15, 0.2) is 0 Å². The average molecular weight is 268 g/mol. The van der Waals surface area contributed by atoms with Crippen molar-refractivity contribution in [3.8, 4) is 0 Å². The van der Waals surface area contributed by atoms with Gasteiger partial charge in [-0.25, -0.2) is 9.59 Å². The maximum absolute atomic E-state index is 11.6. The molecule has 1 rings (SSSR count). The van der Waals surface area contributed by atoms with Crippen LogP contribution in [0.25, 0.3) is 0 Å². The zero-order chi connectivity index (χ0) is 14.6. The molecule has 0 heterocycles. The third kappa shape index (κ3) is 2.82. The highest BCUT2D eigenvalue weighted by Crippen LogP contribution is 2.51. The molecule has 2 unspecified atom stereocenters. The van der Waals surface area contributed by atoms with Crippen molar-refractivity contribution in [1.82, 2.24) is 0 Å². The van der Waals surface area contributed by atoms with Crippen LogP contribution in [0.15, 0.2) is 11.1 Å². The summed E-state index contributed by atoms with van der Waals surface area (Å²) in [6.07, 6.45) is 5.46. The van der Waals surface area contributed by atoms with Gasteiger partial charge < -0.3 is 10.2 Å². The zero-order valence-electron chi connectivity index (χ0n) is 12.0. The SMILES string of the molecule is CCC1CCCCC1(CC)/C(C(=O)O)=C(\C)C(=O)O. The van der Waals surface area contributed by atoms with Crippen LogP contribution in [-0.4, -0.2) is 22.2 Å². The fraction of sp³-hybridized carbons (Fsp3) is 0.733. The van der Waals surface area contributed by atoms with Gasteiger partial charge in [-0.1, -0.05) is 33.1 Å². The Morgan fingerprint density at radius 1 is 1.16 bits per heavy atom. The fourth-order valence-electron chi connectivity index (χ4n) is 3.73. The second-order valence-corrected chi connectivity index (χ2v) is 5.47. The predicted molar refractivity (Wildman–Crippen MR) is 72.9 cm³/mol. The maximum Gasteiger partial charge on any atom is 0.332 e. The molecule has 1 fully saturated rings. The Morgan fingerprint density at radius 3 is 2.21 bits per heavy atom. The molecule has 0 aromatic heterocycles. The Bertz CT molecular complexity index is 397. The lowest BCUT2D eigenvalue weighted by molar-refractivity contribution is -0.137. The lowest BCUT2D eigenvalue weighted by Gasteiger charge is -2.44. The molecule has 0 saturated heterocycles. The van der Waals surface area contributed by atoms with Gasteiger partial charge in [0, 0.05) is 11.0 Å². The maximum atomic E-state index is 11.6. The first-order chi connectivity index (χ1) is 8.90. The molecule has 2 atom stereocenters. The van der Waals surface area contributed by atoms with E-state index >= 15 is 0 Å². The van der Waals surface area contributed by atoms with Crippen molar-refractivity contribution in [3.05, 3.63) is 11.1 Å². The first-order valence-corrected chi connectivity index (χ1v) is 7.08. The van der Waals surface area contributed by atoms with Crippen LogP contribution < -0.4 is 0 Å². The summed E-state index contributed by atoms with van der Waals surface area (Å²) in [6.45, 7) is 5.46. The van der Waals surface area contributed by atoms with Crippen molar-refractivity contribution in [2.45, 2.75) is 59.3 Å². The Morgan fingerprint density at radius 2 is 1.79 bits per heavy atom. The minimum Gasteiger partial charge on any atom is -0.478 e. The van der Waals surface area contributed by atoms with Gasteiger partial charge in [0.2, 0.25) is 0 Å². The molecule has 0 aromatic carbocycles. The number of carboxylic acid groups (broad SMARTS) is 2. The van der Waals surface area contributed by atoms with Crippen LogP contribution in [0.2, 0.25) is 0 Å². The van der Waals surface area contributed by atoms with Crippen LogP contribution in [0.4, 0.5) is 0 Å². The number of rotatable bonds is 5. The molecule has 1 saturated carbocycles. The Kier molecular flexibility index (Phi) is 5.15. The molecule has 0 spiro atoms. The third-order valence-electron chi connectivity index (χ3n) is 4.74. The first-order valence-electron chi connectivity index (χ1n) is 7.08. The fourth-order valence-corrected chi connectivity index (χ4v) is 3.73. The van der Waals surface area contributed by atoms with E-state index in [0.717, 1.165) is 32.1 Å². The summed E-state index contributed by atoms with van der Waals surface area (Å²) in [5.41, 5.74) is -0.342. The van der Waals surface area contributed by atoms with Crippen molar-refractivity contribution >= 4 is 11.9 Å². The molecular formula is C15H24O4. The van der Waals surface area contributed by atoms with E-state index in [4.69, 9.17) is 0 Å². The lowest BCUT2D eigenvalue weighted by atomic mass is 9.59. The van der Waals surface area contributed by atoms with Gasteiger partial charge in [-0.15, -0.1) is 0 Å². The van der Waals surface area contributed by atoms with Gasteiger partial charge in [-0.2, -0.15) is 0 Å². The van der Waals surface area contributed by atoms with E-state index in [1.165, 1.54) is 6.92 Å². The van der Waals surface area contributed by atoms with Crippen LogP contribution in [0.1, 0.15) is 59.3 Å². The minimum atomic E-state index is -1.12. The summed E-state index contributed by atoms with van der Waals surface area (Å²) >= 11 is 0. The highest BCUT2D eigenvalue weighted by atomic mass is 16.4. The molecule has 0 aromatic rings. The Hall–Kier alpha value is -1.32. The van der Waals surface area contributed by atoms with E-state index in [1.54, 1.807) is 0 Å². The normalized spacial score (nSPS) is 28.7. The van der Waals surface area contributed by atoms with Gasteiger partial charge in [-0.05, 0) is 32.1 Å². The van der Waals surface area contributed by atoms with Crippen molar-refractivity contribution in [2.75, 3.05) is 0 Å². The minimum absolute atomic E-state index is 0.00491. The van der Waals surface area contributed by atoms with E-state index in [0.29, 0.717) is 6.42 Å². The average Bonchev–Trinajstić information content (AvgIpc) is 2.38. The van der Waals surface area contributed by atoms with Crippen molar-refractivity contribution < 1.29 is 19.8 Å². The number of carboxylic acids is 2. The quantitative estimate of drug-likeness (QED) is 0.749. The summed E-state index contributed by atoms with van der Waals surface area (Å²) in [5, 5.41) is 18.7. The van der Waals surface area contributed by atoms with Crippen molar-refractivity contribution in [1.29, 1.82) is 0 Å². The highest BCUT2D eigenvalue weighted by molar-refractivity contribution is 5.99. The first kappa shape index (κ1) is 15.7. The number of carbonyl (C=O) groups is 2. The van der Waals surface area contributed by atoms with Crippen LogP contribution in [0.3, 0.4) is 0 Å². The third-order valence-corrected chi connectivity index (χ3v) is 4.74. The van der Waals surface area contributed by atoms with Gasteiger partial charge in [-0.3, -0.25) is 0 Å². The highest BCUT2D eigenvalue weighted by Gasteiger charge is 2.45. The molecule has 0 radical (unpaired) electrons. The van der Waals surface area contributed by atoms with E-state index < -0.39 is 17.4 Å². The monoisotopic (exact) mass is 268 g/mol. The zero-order valence-corrected chi connectivity index (χ0v) is 12.0. The van der Waals surface area contributed by atoms with Crippen LogP contribution >= 0.6 is 0 Å². The Balaban J connectivity index is 3.41. The van der Waals surface area contributed by atoms with Crippen LogP contribution in [0.5, 0.6) is 0 Å². The van der Waals surface area contributed by atoms with Gasteiger partial charge in [0.05, 0.1) is 5.57 Å². The predicted octanol–water partition coefficient (Wildman–Crippen LogP) is 3.47. The van der Waals surface area contributed by atoms with Gasteiger partial charge in [0.25, 0.3) is 0 Å². The molecule has 4 heteroatoms. The standard InChI is InChI=1S/C15H24O4/c1-4-11-8-6-7-9-15(11,5-2)12(14(18)19)10(3)13(16)17/h11H,4-9H2,1-3H3,(H,16,17)(H,18,19)/b12-10+. The van der Waals surface area contributed by atoms with E-state index in [1.807, 2.05) is 6.92 Å². The molecule has 4 nitrogen and oxygen atoms in total. The van der Waals surface area contributed by atoms with E-state index in [9.17, 15) is 19.8 Å². The molecule has 108 valence electrons. The van der Waals surface area contributed by atoms with E-state index in [2.05, 4.69) is 6.92 Å².